The van der Waals surface area contributed by atoms with Gasteiger partial charge >= 0.3 is 0 Å². The van der Waals surface area contributed by atoms with E-state index in [-0.39, 0.29) is 0 Å². The Morgan fingerprint density at radius 1 is 0.600 bits per heavy atom. The molecule has 25 heavy (non-hydrogen) atoms. The van der Waals surface area contributed by atoms with E-state index in [1.165, 1.54) is 11.1 Å². The third kappa shape index (κ3) is 8.07. The molecule has 0 aliphatic heterocycles. The Morgan fingerprint density at radius 3 is 1.44 bits per heavy atom. The molecule has 0 aliphatic rings. The first-order valence-corrected chi connectivity index (χ1v) is 8.71. The van der Waals surface area contributed by atoms with Gasteiger partial charge in [-0.25, -0.2) is 0 Å². The number of anilines is 1. The third-order valence-corrected chi connectivity index (χ3v) is 3.34. The SMILES string of the molecule is CC.CNc1ccc(Oc2ccc(C)cc2)cc1.Cc1ccccc1. The van der Waals surface area contributed by atoms with Crippen molar-refractivity contribution in [3.63, 3.8) is 0 Å². The number of aryl methyl sites for hydroxylation is 2. The lowest BCUT2D eigenvalue weighted by Gasteiger charge is -2.06. The average molecular weight is 335 g/mol. The maximum atomic E-state index is 5.71. The largest absolute Gasteiger partial charge is 0.457 e. The van der Waals surface area contributed by atoms with Crippen molar-refractivity contribution in [3.05, 3.63) is 90.0 Å². The smallest absolute Gasteiger partial charge is 0.127 e. The lowest BCUT2D eigenvalue weighted by Crippen LogP contribution is -1.88. The van der Waals surface area contributed by atoms with Crippen LogP contribution >= 0.6 is 0 Å². The van der Waals surface area contributed by atoms with Crippen LogP contribution in [0.4, 0.5) is 5.69 Å². The monoisotopic (exact) mass is 335 g/mol. The Kier molecular flexibility index (Phi) is 9.54. The number of hydrogen-bond acceptors (Lipinski definition) is 2. The van der Waals surface area contributed by atoms with Crippen LogP contribution in [0.15, 0.2) is 78.9 Å². The highest BCUT2D eigenvalue weighted by Gasteiger charge is 1.96. The van der Waals surface area contributed by atoms with Crippen LogP contribution in [0, 0.1) is 13.8 Å². The second-order valence-corrected chi connectivity index (χ2v) is 5.34. The highest BCUT2D eigenvalue weighted by atomic mass is 16.5. The maximum absolute atomic E-state index is 5.71. The van der Waals surface area contributed by atoms with Crippen LogP contribution in [0.2, 0.25) is 0 Å². The van der Waals surface area contributed by atoms with Gasteiger partial charge in [0.25, 0.3) is 0 Å². The molecule has 2 heteroatoms. The summed E-state index contributed by atoms with van der Waals surface area (Å²) in [4.78, 5) is 0. The standard InChI is InChI=1S/C14H15NO.C7H8.C2H6/c1-11-3-7-13(8-4-11)16-14-9-5-12(15-2)6-10-14;1-7-5-3-2-4-6-7;1-2/h3-10,15H,1-2H3;2-6H,1H3;1-2H3. The fourth-order valence-corrected chi connectivity index (χ4v) is 1.97. The zero-order valence-electron chi connectivity index (χ0n) is 15.9. The van der Waals surface area contributed by atoms with Crippen LogP contribution in [0.3, 0.4) is 0 Å². The van der Waals surface area contributed by atoms with Crippen molar-refractivity contribution in [2.24, 2.45) is 0 Å². The quantitative estimate of drug-likeness (QED) is 0.565. The number of rotatable bonds is 3. The van der Waals surface area contributed by atoms with Gasteiger partial charge in [0.15, 0.2) is 0 Å². The van der Waals surface area contributed by atoms with Gasteiger partial charge in [-0.05, 0) is 50.2 Å². The molecule has 0 aromatic heterocycles. The minimum atomic E-state index is 0.850. The van der Waals surface area contributed by atoms with E-state index in [0.717, 1.165) is 17.2 Å². The van der Waals surface area contributed by atoms with Gasteiger partial charge in [0.05, 0.1) is 0 Å². The van der Waals surface area contributed by atoms with Gasteiger partial charge in [0, 0.05) is 12.7 Å². The minimum Gasteiger partial charge on any atom is -0.457 e. The van der Waals surface area contributed by atoms with Gasteiger partial charge in [-0.3, -0.25) is 0 Å². The molecule has 0 radical (unpaired) electrons. The summed E-state index contributed by atoms with van der Waals surface area (Å²) in [5.74, 6) is 1.71. The molecule has 3 rings (SSSR count). The zero-order valence-corrected chi connectivity index (χ0v) is 15.9. The Balaban J connectivity index is 0.000000290. The van der Waals surface area contributed by atoms with E-state index < -0.39 is 0 Å². The molecule has 0 atom stereocenters. The predicted molar refractivity (Wildman–Crippen MR) is 110 cm³/mol. The second kappa shape index (κ2) is 11.7. The van der Waals surface area contributed by atoms with Crippen LogP contribution in [-0.4, -0.2) is 7.05 Å². The molecule has 132 valence electrons. The maximum Gasteiger partial charge on any atom is 0.127 e. The first-order valence-electron chi connectivity index (χ1n) is 8.71. The number of benzene rings is 3. The molecule has 3 aromatic rings. The molecule has 0 aliphatic carbocycles. The Labute approximate surface area is 152 Å². The summed E-state index contributed by atoms with van der Waals surface area (Å²) in [7, 11) is 1.90. The van der Waals surface area contributed by atoms with E-state index in [2.05, 4.69) is 31.3 Å². The minimum absolute atomic E-state index is 0.850. The molecule has 0 saturated heterocycles. The molecular weight excluding hydrogens is 306 g/mol. The van der Waals surface area contributed by atoms with E-state index in [1.54, 1.807) is 0 Å². The van der Waals surface area contributed by atoms with E-state index in [0.29, 0.717) is 0 Å². The topological polar surface area (TPSA) is 21.3 Å². The number of ether oxygens (including phenoxy) is 1. The van der Waals surface area contributed by atoms with Gasteiger partial charge in [-0.1, -0.05) is 67.4 Å². The van der Waals surface area contributed by atoms with Crippen molar-refractivity contribution in [2.75, 3.05) is 12.4 Å². The van der Waals surface area contributed by atoms with Crippen molar-refractivity contribution in [1.82, 2.24) is 0 Å². The molecule has 2 nitrogen and oxygen atoms in total. The Bertz CT molecular complexity index is 688. The molecule has 0 heterocycles. The normalized spacial score (nSPS) is 9.00. The summed E-state index contributed by atoms with van der Waals surface area (Å²) in [5, 5.41) is 3.07. The van der Waals surface area contributed by atoms with Crippen LogP contribution in [-0.2, 0) is 0 Å². The summed E-state index contributed by atoms with van der Waals surface area (Å²) in [6.45, 7) is 8.14. The second-order valence-electron chi connectivity index (χ2n) is 5.34. The van der Waals surface area contributed by atoms with Gasteiger partial charge < -0.3 is 10.1 Å². The van der Waals surface area contributed by atoms with E-state index in [4.69, 9.17) is 4.74 Å². The molecule has 0 unspecified atom stereocenters. The van der Waals surface area contributed by atoms with Crippen molar-refractivity contribution < 1.29 is 4.74 Å². The molecule has 0 saturated carbocycles. The van der Waals surface area contributed by atoms with Crippen molar-refractivity contribution >= 4 is 5.69 Å². The molecule has 0 amide bonds. The zero-order chi connectivity index (χ0) is 18.5. The molecule has 0 spiro atoms. The van der Waals surface area contributed by atoms with Crippen LogP contribution < -0.4 is 10.1 Å². The first kappa shape index (κ1) is 20.3. The van der Waals surface area contributed by atoms with Crippen LogP contribution in [0.5, 0.6) is 11.5 Å². The number of nitrogens with one attached hydrogen (secondary N) is 1. The van der Waals surface area contributed by atoms with E-state index >= 15 is 0 Å². The van der Waals surface area contributed by atoms with E-state index in [1.807, 2.05) is 87.6 Å². The van der Waals surface area contributed by atoms with Crippen molar-refractivity contribution in [2.45, 2.75) is 27.7 Å². The fourth-order valence-electron chi connectivity index (χ4n) is 1.97. The Hall–Kier alpha value is -2.74. The summed E-state index contributed by atoms with van der Waals surface area (Å²) >= 11 is 0. The highest BCUT2D eigenvalue weighted by Crippen LogP contribution is 2.22. The molecular formula is C23H29NO. The van der Waals surface area contributed by atoms with E-state index in [9.17, 15) is 0 Å². The first-order chi connectivity index (χ1) is 12.2. The lowest BCUT2D eigenvalue weighted by atomic mass is 10.2. The van der Waals surface area contributed by atoms with Crippen LogP contribution in [0.25, 0.3) is 0 Å². The summed E-state index contributed by atoms with van der Waals surface area (Å²) in [6, 6.07) is 26.2. The van der Waals surface area contributed by atoms with Gasteiger partial charge in [-0.15, -0.1) is 0 Å². The van der Waals surface area contributed by atoms with Crippen LogP contribution in [0.1, 0.15) is 25.0 Å². The summed E-state index contributed by atoms with van der Waals surface area (Å²) < 4.78 is 5.71. The predicted octanol–water partition coefficient (Wildman–Crippen LogP) is 6.85. The Morgan fingerprint density at radius 2 is 1.04 bits per heavy atom. The average Bonchev–Trinajstić information content (AvgIpc) is 2.67. The lowest BCUT2D eigenvalue weighted by molar-refractivity contribution is 0.482. The molecule has 1 N–H and O–H groups in total. The third-order valence-electron chi connectivity index (χ3n) is 3.34. The van der Waals surface area contributed by atoms with Gasteiger partial charge in [0.2, 0.25) is 0 Å². The summed E-state index contributed by atoms with van der Waals surface area (Å²) in [5.41, 5.74) is 3.64. The molecule has 3 aromatic carbocycles. The van der Waals surface area contributed by atoms with Gasteiger partial charge in [-0.2, -0.15) is 0 Å². The number of hydrogen-bond donors (Lipinski definition) is 1. The van der Waals surface area contributed by atoms with Crippen molar-refractivity contribution in [3.8, 4) is 11.5 Å². The molecule has 0 bridgehead atoms. The molecule has 0 fully saturated rings. The summed E-state index contributed by atoms with van der Waals surface area (Å²) in [6.07, 6.45) is 0. The van der Waals surface area contributed by atoms with Gasteiger partial charge in [0.1, 0.15) is 11.5 Å². The fraction of sp³-hybridized carbons (Fsp3) is 0.217. The van der Waals surface area contributed by atoms with Crippen molar-refractivity contribution in [1.29, 1.82) is 0 Å². The highest BCUT2D eigenvalue weighted by molar-refractivity contribution is 5.46.